The molecule has 3 nitrogen and oxygen atoms in total. The van der Waals surface area contributed by atoms with Crippen molar-refractivity contribution in [3.63, 3.8) is 0 Å². The summed E-state index contributed by atoms with van der Waals surface area (Å²) in [5, 5.41) is 3.09. The predicted molar refractivity (Wildman–Crippen MR) is 85.5 cm³/mol. The standard InChI is InChI=1S/C17H34N2O/c1-4-7-8-14-9-11-15(12-10-14)16(20)19-13-17(18,5-2)6-3/h14-15H,4-13,18H2,1-3H3,(H,19,20). The normalized spacial score (nSPS) is 23.6. The highest BCUT2D eigenvalue weighted by Crippen LogP contribution is 2.32. The molecule has 1 saturated carbocycles. The zero-order valence-corrected chi connectivity index (χ0v) is 13.7. The molecular formula is C17H34N2O. The fourth-order valence-corrected chi connectivity index (χ4v) is 3.11. The quantitative estimate of drug-likeness (QED) is 0.714. The van der Waals surface area contributed by atoms with Crippen molar-refractivity contribution >= 4 is 5.91 Å². The van der Waals surface area contributed by atoms with Crippen molar-refractivity contribution in [2.45, 2.75) is 84.1 Å². The Morgan fingerprint density at radius 1 is 1.15 bits per heavy atom. The molecule has 3 N–H and O–H groups in total. The summed E-state index contributed by atoms with van der Waals surface area (Å²) in [6.07, 6.45) is 10.4. The lowest BCUT2D eigenvalue weighted by Gasteiger charge is -2.30. The number of hydrogen-bond acceptors (Lipinski definition) is 2. The van der Waals surface area contributed by atoms with Crippen LogP contribution in [0.15, 0.2) is 0 Å². The lowest BCUT2D eigenvalue weighted by atomic mass is 9.79. The van der Waals surface area contributed by atoms with Gasteiger partial charge in [0.2, 0.25) is 5.91 Å². The number of nitrogens with two attached hydrogens (primary N) is 1. The molecule has 0 aromatic rings. The Morgan fingerprint density at radius 2 is 1.75 bits per heavy atom. The second-order valence-corrected chi connectivity index (χ2v) is 6.65. The third-order valence-electron chi connectivity index (χ3n) is 5.21. The van der Waals surface area contributed by atoms with E-state index in [1.807, 2.05) is 0 Å². The monoisotopic (exact) mass is 282 g/mol. The van der Waals surface area contributed by atoms with Crippen LogP contribution in [0.3, 0.4) is 0 Å². The van der Waals surface area contributed by atoms with Gasteiger partial charge in [-0.2, -0.15) is 0 Å². The number of carbonyl (C=O) groups excluding carboxylic acids is 1. The van der Waals surface area contributed by atoms with Gasteiger partial charge in [-0.05, 0) is 44.4 Å². The molecule has 1 fully saturated rings. The average Bonchev–Trinajstić information content (AvgIpc) is 2.50. The van der Waals surface area contributed by atoms with Crippen molar-refractivity contribution in [1.29, 1.82) is 0 Å². The lowest BCUT2D eigenvalue weighted by molar-refractivity contribution is -0.126. The van der Waals surface area contributed by atoms with Gasteiger partial charge in [0, 0.05) is 18.0 Å². The molecule has 118 valence electrons. The van der Waals surface area contributed by atoms with Crippen molar-refractivity contribution in [3.8, 4) is 0 Å². The highest BCUT2D eigenvalue weighted by atomic mass is 16.1. The molecule has 0 atom stereocenters. The zero-order valence-electron chi connectivity index (χ0n) is 13.7. The topological polar surface area (TPSA) is 55.1 Å². The van der Waals surface area contributed by atoms with Crippen molar-refractivity contribution in [3.05, 3.63) is 0 Å². The van der Waals surface area contributed by atoms with Crippen LogP contribution in [0.25, 0.3) is 0 Å². The van der Waals surface area contributed by atoms with E-state index in [2.05, 4.69) is 26.1 Å². The minimum absolute atomic E-state index is 0.228. The number of nitrogens with one attached hydrogen (secondary N) is 1. The van der Waals surface area contributed by atoms with Crippen molar-refractivity contribution in [2.24, 2.45) is 17.6 Å². The third-order valence-corrected chi connectivity index (χ3v) is 5.21. The van der Waals surface area contributed by atoms with Crippen molar-refractivity contribution in [2.75, 3.05) is 6.54 Å². The fraction of sp³-hybridized carbons (Fsp3) is 0.941. The largest absolute Gasteiger partial charge is 0.354 e. The first kappa shape index (κ1) is 17.5. The van der Waals surface area contributed by atoms with Gasteiger partial charge in [-0.15, -0.1) is 0 Å². The van der Waals surface area contributed by atoms with Gasteiger partial charge in [-0.3, -0.25) is 4.79 Å². The van der Waals surface area contributed by atoms with Crippen LogP contribution in [0.5, 0.6) is 0 Å². The van der Waals surface area contributed by atoms with Gasteiger partial charge in [0.1, 0.15) is 0 Å². The molecule has 0 radical (unpaired) electrons. The number of rotatable bonds is 8. The molecule has 1 aliphatic rings. The van der Waals surface area contributed by atoms with Gasteiger partial charge in [0.05, 0.1) is 0 Å². The number of carbonyl (C=O) groups is 1. The second-order valence-electron chi connectivity index (χ2n) is 6.65. The maximum Gasteiger partial charge on any atom is 0.223 e. The van der Waals surface area contributed by atoms with Crippen LogP contribution < -0.4 is 11.1 Å². The summed E-state index contributed by atoms with van der Waals surface area (Å²) in [6, 6.07) is 0. The van der Waals surface area contributed by atoms with Crippen LogP contribution in [-0.2, 0) is 4.79 Å². The Balaban J connectivity index is 2.29. The fourth-order valence-electron chi connectivity index (χ4n) is 3.11. The molecule has 0 aliphatic heterocycles. The molecule has 0 aromatic heterocycles. The number of hydrogen-bond donors (Lipinski definition) is 2. The minimum Gasteiger partial charge on any atom is -0.354 e. The third kappa shape index (κ3) is 5.43. The highest BCUT2D eigenvalue weighted by molar-refractivity contribution is 5.78. The summed E-state index contributed by atoms with van der Waals surface area (Å²) in [5.74, 6) is 1.32. The highest BCUT2D eigenvalue weighted by Gasteiger charge is 2.27. The Kier molecular flexibility index (Phi) is 7.57. The van der Waals surface area contributed by atoms with E-state index >= 15 is 0 Å². The molecule has 0 unspecified atom stereocenters. The van der Waals surface area contributed by atoms with Gasteiger partial charge >= 0.3 is 0 Å². The van der Waals surface area contributed by atoms with E-state index < -0.39 is 0 Å². The van der Waals surface area contributed by atoms with E-state index in [1.165, 1.54) is 32.1 Å². The first-order valence-corrected chi connectivity index (χ1v) is 8.61. The van der Waals surface area contributed by atoms with Crippen LogP contribution in [0.4, 0.5) is 0 Å². The Bertz CT molecular complexity index is 279. The van der Waals surface area contributed by atoms with Crippen LogP contribution in [-0.4, -0.2) is 18.0 Å². The first-order valence-electron chi connectivity index (χ1n) is 8.61. The minimum atomic E-state index is -0.228. The number of amides is 1. The van der Waals surface area contributed by atoms with Gasteiger partial charge in [0.15, 0.2) is 0 Å². The van der Waals surface area contributed by atoms with E-state index in [4.69, 9.17) is 5.73 Å². The SMILES string of the molecule is CCCCC1CCC(C(=O)NCC(N)(CC)CC)CC1. The molecule has 1 rings (SSSR count). The summed E-state index contributed by atoms with van der Waals surface area (Å²) >= 11 is 0. The molecule has 20 heavy (non-hydrogen) atoms. The molecule has 1 amide bonds. The predicted octanol–water partition coefficient (Wildman–Crippen LogP) is 3.62. The zero-order chi connectivity index (χ0) is 15.0. The number of unbranched alkanes of at least 4 members (excludes halogenated alkanes) is 1. The molecular weight excluding hydrogens is 248 g/mol. The molecule has 0 saturated heterocycles. The Morgan fingerprint density at radius 3 is 2.25 bits per heavy atom. The summed E-state index contributed by atoms with van der Waals surface area (Å²) in [6.45, 7) is 7.05. The molecule has 0 aromatic carbocycles. The van der Waals surface area contributed by atoms with Crippen LogP contribution in [0, 0.1) is 11.8 Å². The second kappa shape index (κ2) is 8.66. The van der Waals surface area contributed by atoms with Crippen molar-refractivity contribution in [1.82, 2.24) is 5.32 Å². The molecule has 1 aliphatic carbocycles. The summed E-state index contributed by atoms with van der Waals surface area (Å²) in [4.78, 5) is 12.2. The molecule has 0 bridgehead atoms. The molecule has 0 spiro atoms. The van der Waals surface area contributed by atoms with Crippen molar-refractivity contribution < 1.29 is 4.79 Å². The summed E-state index contributed by atoms with van der Waals surface area (Å²) < 4.78 is 0. The molecule has 0 heterocycles. The lowest BCUT2D eigenvalue weighted by Crippen LogP contribution is -2.50. The van der Waals surface area contributed by atoms with Crippen LogP contribution >= 0.6 is 0 Å². The van der Waals surface area contributed by atoms with E-state index in [-0.39, 0.29) is 17.4 Å². The summed E-state index contributed by atoms with van der Waals surface area (Å²) in [7, 11) is 0. The van der Waals surface area contributed by atoms with E-state index in [0.29, 0.717) is 6.54 Å². The Hall–Kier alpha value is -0.570. The van der Waals surface area contributed by atoms with E-state index in [1.54, 1.807) is 0 Å². The van der Waals surface area contributed by atoms with Crippen LogP contribution in [0.2, 0.25) is 0 Å². The summed E-state index contributed by atoms with van der Waals surface area (Å²) in [5.41, 5.74) is 6.01. The smallest absolute Gasteiger partial charge is 0.223 e. The van der Waals surface area contributed by atoms with Gasteiger partial charge in [-0.1, -0.05) is 40.0 Å². The maximum absolute atomic E-state index is 12.2. The van der Waals surface area contributed by atoms with E-state index in [9.17, 15) is 4.79 Å². The van der Waals surface area contributed by atoms with Gasteiger partial charge < -0.3 is 11.1 Å². The molecule has 3 heteroatoms. The van der Waals surface area contributed by atoms with Crippen LogP contribution in [0.1, 0.15) is 78.6 Å². The average molecular weight is 282 g/mol. The Labute approximate surface area is 125 Å². The first-order chi connectivity index (χ1) is 9.54. The van der Waals surface area contributed by atoms with E-state index in [0.717, 1.165) is 31.6 Å². The maximum atomic E-state index is 12.2. The van der Waals surface area contributed by atoms with Gasteiger partial charge in [-0.25, -0.2) is 0 Å². The van der Waals surface area contributed by atoms with Gasteiger partial charge in [0.25, 0.3) is 0 Å².